The summed E-state index contributed by atoms with van der Waals surface area (Å²) < 4.78 is 0. The van der Waals surface area contributed by atoms with Gasteiger partial charge in [-0.05, 0) is 19.3 Å². The fraction of sp³-hybridized carbons (Fsp3) is 0.917. The molecule has 3 N–H and O–H groups in total. The summed E-state index contributed by atoms with van der Waals surface area (Å²) in [5, 5.41) is 2.95. The zero-order chi connectivity index (χ0) is 11.9. The summed E-state index contributed by atoms with van der Waals surface area (Å²) in [7, 11) is 0. The molecule has 0 aromatic carbocycles. The van der Waals surface area contributed by atoms with Crippen LogP contribution in [0.5, 0.6) is 0 Å². The third kappa shape index (κ3) is 6.33. The molecule has 0 bridgehead atoms. The Kier molecular flexibility index (Phi) is 9.98. The molecule has 0 aliphatic carbocycles. The molecule has 0 saturated carbocycles. The summed E-state index contributed by atoms with van der Waals surface area (Å²) in [6, 6.07) is 0. The molecule has 98 valence electrons. The molecule has 0 aliphatic rings. The lowest BCUT2D eigenvalue weighted by Crippen LogP contribution is -2.52. The minimum Gasteiger partial charge on any atom is -0.354 e. The number of amides is 1. The summed E-state index contributed by atoms with van der Waals surface area (Å²) in [4.78, 5) is 11.8. The first kappa shape index (κ1) is 18.1. The van der Waals surface area contributed by atoms with E-state index in [-0.39, 0.29) is 18.3 Å². The number of nitrogens with two attached hydrogens (primary N) is 1. The molecule has 1 amide bonds. The second-order valence-corrected chi connectivity index (χ2v) is 4.56. The van der Waals surface area contributed by atoms with Crippen molar-refractivity contribution in [2.45, 2.75) is 58.9 Å². The van der Waals surface area contributed by atoms with Crippen molar-refractivity contribution in [2.75, 3.05) is 6.54 Å². The van der Waals surface area contributed by atoms with E-state index >= 15 is 0 Å². The second kappa shape index (κ2) is 8.82. The fourth-order valence-electron chi connectivity index (χ4n) is 1.65. The highest BCUT2D eigenvalue weighted by atomic mass is 35.5. The van der Waals surface area contributed by atoms with Gasteiger partial charge in [0.05, 0.1) is 5.54 Å². The van der Waals surface area contributed by atoms with Crippen molar-refractivity contribution < 1.29 is 4.79 Å². The average Bonchev–Trinajstić information content (AvgIpc) is 2.19. The average molecular weight is 251 g/mol. The van der Waals surface area contributed by atoms with Crippen molar-refractivity contribution in [2.24, 2.45) is 11.7 Å². The lowest BCUT2D eigenvalue weighted by Gasteiger charge is -2.24. The third-order valence-corrected chi connectivity index (χ3v) is 2.99. The lowest BCUT2D eigenvalue weighted by molar-refractivity contribution is -0.126. The molecule has 0 aromatic rings. The second-order valence-electron chi connectivity index (χ2n) is 4.56. The normalized spacial score (nSPS) is 14.1. The van der Waals surface area contributed by atoms with Crippen LogP contribution in [0, 0.1) is 5.92 Å². The van der Waals surface area contributed by atoms with E-state index in [1.54, 1.807) is 6.92 Å². The van der Waals surface area contributed by atoms with Crippen molar-refractivity contribution in [3.63, 3.8) is 0 Å². The predicted octanol–water partition coefficient (Wildman–Crippen LogP) is 2.48. The van der Waals surface area contributed by atoms with Gasteiger partial charge in [-0.2, -0.15) is 0 Å². The van der Waals surface area contributed by atoms with Gasteiger partial charge in [-0.3, -0.25) is 4.79 Å². The van der Waals surface area contributed by atoms with E-state index in [9.17, 15) is 4.79 Å². The molecule has 0 aromatic heterocycles. The van der Waals surface area contributed by atoms with Crippen LogP contribution in [0.15, 0.2) is 0 Å². The first-order valence-electron chi connectivity index (χ1n) is 6.05. The van der Waals surface area contributed by atoms with Crippen LogP contribution in [-0.2, 0) is 4.79 Å². The van der Waals surface area contributed by atoms with Gasteiger partial charge in [-0.15, -0.1) is 12.4 Å². The summed E-state index contributed by atoms with van der Waals surface area (Å²) in [6.45, 7) is 8.89. The molecule has 1 atom stereocenters. The summed E-state index contributed by atoms with van der Waals surface area (Å²) in [6.07, 6.45) is 3.88. The lowest BCUT2D eigenvalue weighted by atomic mass is 9.96. The molecule has 4 heteroatoms. The van der Waals surface area contributed by atoms with Crippen LogP contribution in [0.4, 0.5) is 0 Å². The molecule has 0 spiro atoms. The Hall–Kier alpha value is -0.280. The molecule has 16 heavy (non-hydrogen) atoms. The molecule has 0 saturated heterocycles. The maximum Gasteiger partial charge on any atom is 0.239 e. The monoisotopic (exact) mass is 250 g/mol. The van der Waals surface area contributed by atoms with Crippen molar-refractivity contribution in [1.82, 2.24) is 5.32 Å². The number of hydrogen-bond donors (Lipinski definition) is 2. The Balaban J connectivity index is 0. The van der Waals surface area contributed by atoms with Crippen molar-refractivity contribution in [3.8, 4) is 0 Å². The van der Waals surface area contributed by atoms with E-state index in [1.807, 2.05) is 6.92 Å². The number of rotatable bonds is 7. The summed E-state index contributed by atoms with van der Waals surface area (Å²) >= 11 is 0. The molecule has 0 heterocycles. The smallest absolute Gasteiger partial charge is 0.239 e. The van der Waals surface area contributed by atoms with E-state index < -0.39 is 5.54 Å². The Morgan fingerprint density at radius 2 is 1.81 bits per heavy atom. The minimum atomic E-state index is -0.708. The predicted molar refractivity (Wildman–Crippen MR) is 71.8 cm³/mol. The van der Waals surface area contributed by atoms with Crippen LogP contribution in [0.2, 0.25) is 0 Å². The number of carbonyl (C=O) groups is 1. The Bertz CT molecular complexity index is 191. The van der Waals surface area contributed by atoms with Gasteiger partial charge in [0.15, 0.2) is 0 Å². The highest BCUT2D eigenvalue weighted by Crippen LogP contribution is 2.10. The number of halogens is 1. The first-order valence-corrected chi connectivity index (χ1v) is 6.05. The van der Waals surface area contributed by atoms with E-state index in [2.05, 4.69) is 19.2 Å². The van der Waals surface area contributed by atoms with Crippen molar-refractivity contribution in [1.29, 1.82) is 0 Å². The van der Waals surface area contributed by atoms with Gasteiger partial charge in [0.25, 0.3) is 0 Å². The molecule has 0 aliphatic heterocycles. The Labute approximate surface area is 106 Å². The van der Waals surface area contributed by atoms with Crippen molar-refractivity contribution >= 4 is 18.3 Å². The highest BCUT2D eigenvalue weighted by Gasteiger charge is 2.26. The number of hydrogen-bond acceptors (Lipinski definition) is 2. The zero-order valence-corrected chi connectivity index (χ0v) is 11.8. The summed E-state index contributed by atoms with van der Waals surface area (Å²) in [5.74, 6) is 0.558. The van der Waals surface area contributed by atoms with Crippen LogP contribution in [0.25, 0.3) is 0 Å². The zero-order valence-electron chi connectivity index (χ0n) is 11.0. The Morgan fingerprint density at radius 3 is 2.19 bits per heavy atom. The molecule has 0 fully saturated rings. The van der Waals surface area contributed by atoms with Gasteiger partial charge in [0, 0.05) is 6.54 Å². The van der Waals surface area contributed by atoms with E-state index in [0.717, 1.165) is 32.2 Å². The number of nitrogens with one attached hydrogen (secondary N) is 1. The van der Waals surface area contributed by atoms with Gasteiger partial charge >= 0.3 is 0 Å². The van der Waals surface area contributed by atoms with Crippen LogP contribution < -0.4 is 11.1 Å². The number of carbonyl (C=O) groups excluding carboxylic acids is 1. The molecular weight excluding hydrogens is 224 g/mol. The van der Waals surface area contributed by atoms with Gasteiger partial charge in [-0.1, -0.05) is 40.0 Å². The highest BCUT2D eigenvalue weighted by molar-refractivity contribution is 5.85. The fourth-order valence-corrected chi connectivity index (χ4v) is 1.65. The third-order valence-electron chi connectivity index (χ3n) is 2.99. The molecule has 1 unspecified atom stereocenters. The van der Waals surface area contributed by atoms with E-state index in [4.69, 9.17) is 5.73 Å². The van der Waals surface area contributed by atoms with Gasteiger partial charge in [0.2, 0.25) is 5.91 Å². The Morgan fingerprint density at radius 1 is 1.31 bits per heavy atom. The molecular formula is C12H27ClN2O. The van der Waals surface area contributed by atoms with Gasteiger partial charge in [-0.25, -0.2) is 0 Å². The molecule has 0 rings (SSSR count). The standard InChI is InChI=1S/C12H26N2O.ClH/c1-5-8-12(4,13)11(15)14-9-10(6-2)7-3;/h10H,5-9,13H2,1-4H3,(H,14,15);1H. The molecule has 3 nitrogen and oxygen atoms in total. The van der Waals surface area contributed by atoms with Crippen molar-refractivity contribution in [3.05, 3.63) is 0 Å². The van der Waals surface area contributed by atoms with Crippen LogP contribution in [0.3, 0.4) is 0 Å². The maximum absolute atomic E-state index is 11.8. The largest absolute Gasteiger partial charge is 0.354 e. The molecule has 0 radical (unpaired) electrons. The van der Waals surface area contributed by atoms with Gasteiger partial charge < -0.3 is 11.1 Å². The van der Waals surface area contributed by atoms with Gasteiger partial charge in [0.1, 0.15) is 0 Å². The summed E-state index contributed by atoms with van der Waals surface area (Å²) in [5.41, 5.74) is 5.22. The van der Waals surface area contributed by atoms with Crippen LogP contribution in [0.1, 0.15) is 53.4 Å². The topological polar surface area (TPSA) is 55.1 Å². The van der Waals surface area contributed by atoms with E-state index in [1.165, 1.54) is 0 Å². The minimum absolute atomic E-state index is 0. The SMILES string of the molecule is CCCC(C)(N)C(=O)NCC(CC)CC.Cl. The van der Waals surface area contributed by atoms with E-state index in [0.29, 0.717) is 5.92 Å². The van der Waals surface area contributed by atoms with Crippen LogP contribution >= 0.6 is 12.4 Å². The first-order chi connectivity index (χ1) is 6.97. The van der Waals surface area contributed by atoms with Crippen LogP contribution in [-0.4, -0.2) is 18.0 Å². The quantitative estimate of drug-likeness (QED) is 0.730. The maximum atomic E-state index is 11.8.